The quantitative estimate of drug-likeness (QED) is 0.642. The molecule has 27 heavy (non-hydrogen) atoms. The Kier molecular flexibility index (Phi) is 6.88. The summed E-state index contributed by atoms with van der Waals surface area (Å²) in [6.45, 7) is 11.9. The van der Waals surface area contributed by atoms with Gasteiger partial charge in [0.15, 0.2) is 11.5 Å². The maximum atomic E-state index is 13.9. The molecule has 0 aromatic heterocycles. The van der Waals surface area contributed by atoms with Gasteiger partial charge >= 0.3 is 0 Å². The van der Waals surface area contributed by atoms with Crippen molar-refractivity contribution in [2.45, 2.75) is 59.7 Å². The van der Waals surface area contributed by atoms with Crippen molar-refractivity contribution in [3.8, 4) is 11.5 Å². The zero-order valence-corrected chi connectivity index (χ0v) is 17.4. The predicted molar refractivity (Wildman–Crippen MR) is 109 cm³/mol. The molecule has 1 N–H and O–H groups in total. The molecule has 0 bridgehead atoms. The summed E-state index contributed by atoms with van der Waals surface area (Å²) < 4.78 is 25.4. The van der Waals surface area contributed by atoms with Crippen LogP contribution >= 0.6 is 0 Å². The molecule has 0 fully saturated rings. The third kappa shape index (κ3) is 6.55. The van der Waals surface area contributed by atoms with Gasteiger partial charge in [0.25, 0.3) is 0 Å². The van der Waals surface area contributed by atoms with Crippen molar-refractivity contribution in [3.63, 3.8) is 0 Å². The fraction of sp³-hybridized carbons (Fsp3) is 0.478. The van der Waals surface area contributed by atoms with Crippen LogP contribution in [0.5, 0.6) is 11.5 Å². The molecule has 4 heteroatoms. The minimum atomic E-state index is -0.265. The summed E-state index contributed by atoms with van der Waals surface area (Å²) in [5.41, 5.74) is 1.72. The largest absolute Gasteiger partial charge is 0.493 e. The van der Waals surface area contributed by atoms with Gasteiger partial charge in [-0.05, 0) is 37.8 Å². The normalized spacial score (nSPS) is 12.1. The Hall–Kier alpha value is -2.07. The molecule has 0 aliphatic rings. The highest BCUT2D eigenvalue weighted by molar-refractivity contribution is 5.46. The molecule has 0 radical (unpaired) electrons. The Morgan fingerprint density at radius 3 is 2.22 bits per heavy atom. The molecule has 148 valence electrons. The first-order valence-electron chi connectivity index (χ1n) is 9.38. The fourth-order valence-electron chi connectivity index (χ4n) is 3.51. The number of nitrogens with one attached hydrogen (secondary N) is 1. The zero-order chi connectivity index (χ0) is 20.1. The highest BCUT2D eigenvalue weighted by Crippen LogP contribution is 2.33. The van der Waals surface area contributed by atoms with E-state index in [1.807, 2.05) is 24.3 Å². The van der Waals surface area contributed by atoms with Gasteiger partial charge < -0.3 is 14.8 Å². The summed E-state index contributed by atoms with van der Waals surface area (Å²) in [6.07, 6.45) is 1.04. The van der Waals surface area contributed by atoms with Crippen LogP contribution in [-0.4, -0.2) is 12.6 Å². The van der Waals surface area contributed by atoms with E-state index < -0.39 is 0 Å². The van der Waals surface area contributed by atoms with Gasteiger partial charge in [-0.1, -0.05) is 51.1 Å². The minimum absolute atomic E-state index is 0.0237. The highest BCUT2D eigenvalue weighted by atomic mass is 19.1. The van der Waals surface area contributed by atoms with Gasteiger partial charge in [-0.25, -0.2) is 4.39 Å². The Morgan fingerprint density at radius 1 is 0.926 bits per heavy atom. The smallest absolute Gasteiger partial charge is 0.166 e. The van der Waals surface area contributed by atoms with Crippen molar-refractivity contribution in [2.24, 2.45) is 5.41 Å². The van der Waals surface area contributed by atoms with Crippen LogP contribution in [0.15, 0.2) is 42.5 Å². The van der Waals surface area contributed by atoms with Crippen LogP contribution in [0.25, 0.3) is 0 Å². The zero-order valence-electron chi connectivity index (χ0n) is 17.4. The molecule has 0 spiro atoms. The van der Waals surface area contributed by atoms with Gasteiger partial charge in [-0.15, -0.1) is 0 Å². The van der Waals surface area contributed by atoms with Crippen LogP contribution in [0, 0.1) is 11.2 Å². The lowest BCUT2D eigenvalue weighted by Crippen LogP contribution is -2.41. The molecule has 0 heterocycles. The minimum Gasteiger partial charge on any atom is -0.493 e. The number of hydrogen-bond donors (Lipinski definition) is 1. The molecule has 3 nitrogen and oxygen atoms in total. The lowest BCUT2D eigenvalue weighted by atomic mass is 9.82. The van der Waals surface area contributed by atoms with E-state index in [9.17, 15) is 4.39 Å². The number of para-hydroxylation sites is 1. The second kappa shape index (κ2) is 8.75. The Bertz CT molecular complexity index is 750. The van der Waals surface area contributed by atoms with Crippen LogP contribution in [0.2, 0.25) is 0 Å². The molecule has 0 aliphatic carbocycles. The maximum absolute atomic E-state index is 13.9. The SMILES string of the molecule is COc1cccc(CNC(C)(C)CC(C)(C)C)c1OCc1ccccc1F. The first-order chi connectivity index (χ1) is 12.6. The van der Waals surface area contributed by atoms with E-state index in [1.54, 1.807) is 19.2 Å². The Balaban J connectivity index is 2.16. The van der Waals surface area contributed by atoms with E-state index in [4.69, 9.17) is 9.47 Å². The standard InChI is InChI=1S/C23H32FNO2/c1-22(2,3)16-23(4,5)25-14-17-11-9-13-20(26-6)21(17)27-15-18-10-7-8-12-19(18)24/h7-13,25H,14-16H2,1-6H3. The molecular formula is C23H32FNO2. The van der Waals surface area contributed by atoms with Gasteiger partial charge in [-0.2, -0.15) is 0 Å². The molecule has 0 atom stereocenters. The highest BCUT2D eigenvalue weighted by Gasteiger charge is 2.25. The Morgan fingerprint density at radius 2 is 1.59 bits per heavy atom. The summed E-state index contributed by atoms with van der Waals surface area (Å²) in [5, 5.41) is 3.62. The first-order valence-corrected chi connectivity index (χ1v) is 9.38. The Labute approximate surface area is 162 Å². The molecule has 2 rings (SSSR count). The number of halogens is 1. The monoisotopic (exact) mass is 373 g/mol. The van der Waals surface area contributed by atoms with Crippen molar-refractivity contribution in [2.75, 3.05) is 7.11 Å². The van der Waals surface area contributed by atoms with Crippen LogP contribution in [0.3, 0.4) is 0 Å². The van der Waals surface area contributed by atoms with Crippen molar-refractivity contribution in [1.29, 1.82) is 0 Å². The van der Waals surface area contributed by atoms with Crippen LogP contribution in [0.1, 0.15) is 52.2 Å². The van der Waals surface area contributed by atoms with Crippen LogP contribution in [-0.2, 0) is 13.2 Å². The number of ether oxygens (including phenoxy) is 2. The summed E-state index contributed by atoms with van der Waals surface area (Å²) in [6, 6.07) is 12.5. The van der Waals surface area contributed by atoms with E-state index in [1.165, 1.54) is 6.07 Å². The van der Waals surface area contributed by atoms with Crippen molar-refractivity contribution >= 4 is 0 Å². The lowest BCUT2D eigenvalue weighted by Gasteiger charge is -2.33. The molecule has 0 amide bonds. The van der Waals surface area contributed by atoms with Crippen molar-refractivity contribution in [1.82, 2.24) is 5.32 Å². The average molecular weight is 374 g/mol. The summed E-state index contributed by atoms with van der Waals surface area (Å²) in [5.74, 6) is 1.04. The first kappa shape index (κ1) is 21.2. The van der Waals surface area contributed by atoms with Gasteiger partial charge in [0.1, 0.15) is 12.4 Å². The maximum Gasteiger partial charge on any atom is 0.166 e. The fourth-order valence-corrected chi connectivity index (χ4v) is 3.51. The van der Waals surface area contributed by atoms with E-state index in [0.29, 0.717) is 23.6 Å². The van der Waals surface area contributed by atoms with Gasteiger partial charge in [0.05, 0.1) is 7.11 Å². The van der Waals surface area contributed by atoms with Gasteiger partial charge in [-0.3, -0.25) is 0 Å². The topological polar surface area (TPSA) is 30.5 Å². The van der Waals surface area contributed by atoms with Crippen LogP contribution < -0.4 is 14.8 Å². The number of benzene rings is 2. The van der Waals surface area contributed by atoms with E-state index in [0.717, 1.165) is 12.0 Å². The van der Waals surface area contributed by atoms with E-state index in [-0.39, 0.29) is 23.4 Å². The second-order valence-electron chi connectivity index (χ2n) is 8.80. The molecule has 0 saturated carbocycles. The summed E-state index contributed by atoms with van der Waals surface area (Å²) in [7, 11) is 1.62. The van der Waals surface area contributed by atoms with Gasteiger partial charge in [0.2, 0.25) is 0 Å². The van der Waals surface area contributed by atoms with E-state index in [2.05, 4.69) is 39.9 Å². The van der Waals surface area contributed by atoms with Crippen LogP contribution in [0.4, 0.5) is 4.39 Å². The third-order valence-corrected chi connectivity index (χ3v) is 4.34. The summed E-state index contributed by atoms with van der Waals surface area (Å²) >= 11 is 0. The molecular weight excluding hydrogens is 341 g/mol. The van der Waals surface area contributed by atoms with Crippen molar-refractivity contribution in [3.05, 3.63) is 59.4 Å². The number of methoxy groups -OCH3 is 1. The second-order valence-corrected chi connectivity index (χ2v) is 8.80. The van der Waals surface area contributed by atoms with Crippen molar-refractivity contribution < 1.29 is 13.9 Å². The lowest BCUT2D eigenvalue weighted by molar-refractivity contribution is 0.237. The molecule has 0 unspecified atom stereocenters. The van der Waals surface area contributed by atoms with Gasteiger partial charge in [0, 0.05) is 23.2 Å². The number of hydrogen-bond acceptors (Lipinski definition) is 3. The third-order valence-electron chi connectivity index (χ3n) is 4.34. The predicted octanol–water partition coefficient (Wildman–Crippen LogP) is 5.72. The molecule has 0 aliphatic heterocycles. The molecule has 2 aromatic carbocycles. The average Bonchev–Trinajstić information content (AvgIpc) is 2.57. The molecule has 0 saturated heterocycles. The number of rotatable bonds is 8. The van der Waals surface area contributed by atoms with E-state index >= 15 is 0 Å². The molecule has 2 aromatic rings. The summed E-state index contributed by atoms with van der Waals surface area (Å²) in [4.78, 5) is 0.